The maximum absolute atomic E-state index is 10.0. The van der Waals surface area contributed by atoms with Gasteiger partial charge in [-0.2, -0.15) is 0 Å². The zero-order valence-electron chi connectivity index (χ0n) is 11.5. The van der Waals surface area contributed by atoms with Crippen LogP contribution in [0.2, 0.25) is 0 Å². The zero-order valence-corrected chi connectivity index (χ0v) is 15.9. The zero-order chi connectivity index (χ0) is 10.5. The summed E-state index contributed by atoms with van der Waals surface area (Å²) in [5.74, 6) is 0.394. The van der Waals surface area contributed by atoms with Gasteiger partial charge in [0.15, 0.2) is 0 Å². The summed E-state index contributed by atoms with van der Waals surface area (Å²) in [4.78, 5) is 0. The fraction of sp³-hybridized carbons (Fsp3) is 1.00. The van der Waals surface area contributed by atoms with Crippen LogP contribution in [0.25, 0.3) is 0 Å². The third-order valence-corrected chi connectivity index (χ3v) is 1.81. The predicted octanol–water partition coefficient (Wildman–Crippen LogP) is -5.43. The van der Waals surface area contributed by atoms with Gasteiger partial charge in [-0.3, -0.25) is 0 Å². The Kier molecular flexibility index (Phi) is 77.4. The van der Waals surface area contributed by atoms with E-state index in [-0.39, 0.29) is 84.1 Å². The summed E-state index contributed by atoms with van der Waals surface area (Å²) in [5, 5.41) is 19.7. The molecule has 0 aromatic heterocycles. The number of rotatable bonds is 6. The molecule has 98 valence electrons. The molecular formula is C11H24Cl2Mg2O2. The van der Waals surface area contributed by atoms with Crippen molar-refractivity contribution in [3.63, 3.8) is 0 Å². The average Bonchev–Trinajstić information content (AvgIpc) is 2.16. The fourth-order valence-corrected chi connectivity index (χ4v) is 0.928. The maximum Gasteiger partial charge on any atom is 2.00 e. The van der Waals surface area contributed by atoms with Crippen molar-refractivity contribution in [2.24, 2.45) is 5.92 Å². The van der Waals surface area contributed by atoms with Crippen LogP contribution >= 0.6 is 0 Å². The SMILES string of the molecule is CCCC(C)C[O-].CCCCC[O-].[Cl-].[Cl-].[Mg+2].[Mg+2]. The molecule has 0 heterocycles. The number of unbranched alkanes of at least 4 members (excludes halogenated alkanes) is 2. The summed E-state index contributed by atoms with van der Waals surface area (Å²) in [6, 6.07) is 0. The Bertz CT molecular complexity index is 87.9. The summed E-state index contributed by atoms with van der Waals surface area (Å²) in [5.41, 5.74) is 0. The molecule has 1 atom stereocenters. The molecular weight excluding hydrogens is 284 g/mol. The van der Waals surface area contributed by atoms with Crippen LogP contribution in [0.15, 0.2) is 0 Å². The molecule has 2 nitrogen and oxygen atoms in total. The van der Waals surface area contributed by atoms with Crippen LogP contribution in [-0.4, -0.2) is 59.3 Å². The molecule has 0 aliphatic rings. The van der Waals surface area contributed by atoms with Gasteiger partial charge in [0, 0.05) is 0 Å². The summed E-state index contributed by atoms with van der Waals surface area (Å²) in [6.07, 6.45) is 5.34. The summed E-state index contributed by atoms with van der Waals surface area (Å²) < 4.78 is 0. The van der Waals surface area contributed by atoms with Gasteiger partial charge in [0.05, 0.1) is 0 Å². The Morgan fingerprint density at radius 1 is 0.882 bits per heavy atom. The Morgan fingerprint density at radius 2 is 1.35 bits per heavy atom. The molecule has 0 bridgehead atoms. The first-order valence-electron chi connectivity index (χ1n) is 5.39. The molecule has 0 rings (SSSR count). The molecule has 6 heteroatoms. The van der Waals surface area contributed by atoms with Crippen LogP contribution in [0, 0.1) is 5.92 Å². The second-order valence-corrected chi connectivity index (χ2v) is 3.47. The minimum atomic E-state index is 0. The van der Waals surface area contributed by atoms with E-state index < -0.39 is 0 Å². The first-order valence-corrected chi connectivity index (χ1v) is 5.39. The molecule has 0 aromatic carbocycles. The van der Waals surface area contributed by atoms with Crippen LogP contribution in [0.1, 0.15) is 52.9 Å². The number of hydrogen-bond acceptors (Lipinski definition) is 2. The topological polar surface area (TPSA) is 46.1 Å². The minimum absolute atomic E-state index is 0. The van der Waals surface area contributed by atoms with E-state index in [0.717, 1.165) is 32.1 Å². The molecule has 0 spiro atoms. The normalized spacial score (nSPS) is 9.00. The average molecular weight is 308 g/mol. The quantitative estimate of drug-likeness (QED) is 0.363. The summed E-state index contributed by atoms with van der Waals surface area (Å²) >= 11 is 0. The molecule has 0 aliphatic carbocycles. The van der Waals surface area contributed by atoms with Crippen molar-refractivity contribution < 1.29 is 35.0 Å². The van der Waals surface area contributed by atoms with Gasteiger partial charge in [-0.25, -0.2) is 0 Å². The Balaban J connectivity index is -0.0000000290. The molecule has 0 fully saturated rings. The van der Waals surface area contributed by atoms with Gasteiger partial charge in [0.1, 0.15) is 0 Å². The predicted molar refractivity (Wildman–Crippen MR) is 64.8 cm³/mol. The van der Waals surface area contributed by atoms with Gasteiger partial charge >= 0.3 is 46.1 Å². The van der Waals surface area contributed by atoms with Gasteiger partial charge in [-0.1, -0.05) is 58.8 Å². The van der Waals surface area contributed by atoms with Gasteiger partial charge in [0.25, 0.3) is 0 Å². The molecule has 0 radical (unpaired) electrons. The second-order valence-electron chi connectivity index (χ2n) is 3.47. The Hall–Kier alpha value is 2.03. The number of hydrogen-bond donors (Lipinski definition) is 0. The monoisotopic (exact) mass is 306 g/mol. The van der Waals surface area contributed by atoms with E-state index in [1.54, 1.807) is 0 Å². The second kappa shape index (κ2) is 36.1. The third kappa shape index (κ3) is 46.1. The standard InChI is InChI=1S/C6H13O.C5H11O.2ClH.2Mg/c1-3-4-6(2)5-7;1-2-3-4-5-6;;;;/h6H,3-5H2,1-2H3;2-5H2,1H3;2*1H;;/q2*-1;;;2*+2/p-2. The molecule has 0 aromatic rings. The van der Waals surface area contributed by atoms with Gasteiger partial charge in [-0.05, 0) is 0 Å². The first kappa shape index (κ1) is 36.4. The van der Waals surface area contributed by atoms with Crippen molar-refractivity contribution in [1.29, 1.82) is 0 Å². The summed E-state index contributed by atoms with van der Waals surface area (Å²) in [6.45, 7) is 6.39. The largest absolute Gasteiger partial charge is 2.00 e. The van der Waals surface area contributed by atoms with Gasteiger partial charge in [-0.15, -0.1) is 13.2 Å². The van der Waals surface area contributed by atoms with Gasteiger partial charge < -0.3 is 35.0 Å². The van der Waals surface area contributed by atoms with E-state index in [4.69, 9.17) is 0 Å². The van der Waals surface area contributed by atoms with Gasteiger partial charge in [0.2, 0.25) is 0 Å². The minimum Gasteiger partial charge on any atom is -1.00 e. The molecule has 0 amide bonds. The molecule has 0 saturated carbocycles. The third-order valence-electron chi connectivity index (χ3n) is 1.81. The first-order chi connectivity index (χ1) is 6.22. The van der Waals surface area contributed by atoms with E-state index in [2.05, 4.69) is 13.8 Å². The number of halogens is 2. The van der Waals surface area contributed by atoms with Crippen molar-refractivity contribution in [1.82, 2.24) is 0 Å². The summed E-state index contributed by atoms with van der Waals surface area (Å²) in [7, 11) is 0. The van der Waals surface area contributed by atoms with Crippen molar-refractivity contribution in [3.8, 4) is 0 Å². The van der Waals surface area contributed by atoms with E-state index in [0.29, 0.717) is 5.92 Å². The molecule has 0 saturated heterocycles. The van der Waals surface area contributed by atoms with E-state index in [1.165, 1.54) is 0 Å². The smallest absolute Gasteiger partial charge is 1.00 e. The fourth-order valence-electron chi connectivity index (χ4n) is 0.928. The maximum atomic E-state index is 10.0. The molecule has 17 heavy (non-hydrogen) atoms. The molecule has 1 unspecified atom stereocenters. The van der Waals surface area contributed by atoms with E-state index in [9.17, 15) is 10.2 Å². The van der Waals surface area contributed by atoms with Crippen LogP contribution in [0.5, 0.6) is 0 Å². The Labute approximate surface area is 152 Å². The van der Waals surface area contributed by atoms with Crippen LogP contribution in [0.3, 0.4) is 0 Å². The van der Waals surface area contributed by atoms with Crippen molar-refractivity contribution in [3.05, 3.63) is 0 Å². The van der Waals surface area contributed by atoms with E-state index in [1.807, 2.05) is 6.92 Å². The van der Waals surface area contributed by atoms with E-state index >= 15 is 0 Å². The van der Waals surface area contributed by atoms with Crippen LogP contribution < -0.4 is 35.0 Å². The van der Waals surface area contributed by atoms with Crippen LogP contribution in [-0.2, 0) is 0 Å². The molecule has 0 aliphatic heterocycles. The molecule has 0 N–H and O–H groups in total. The van der Waals surface area contributed by atoms with Crippen molar-refractivity contribution in [2.75, 3.05) is 13.2 Å². The van der Waals surface area contributed by atoms with Crippen molar-refractivity contribution >= 4 is 46.1 Å². The van der Waals surface area contributed by atoms with Crippen molar-refractivity contribution in [2.45, 2.75) is 52.9 Å². The van der Waals surface area contributed by atoms with Crippen LogP contribution in [0.4, 0.5) is 0 Å². The Morgan fingerprint density at radius 3 is 1.47 bits per heavy atom.